The number of thioether (sulfide) groups is 1. The number of nitrogens with zero attached hydrogens (tertiary/aromatic N) is 2. The van der Waals surface area contributed by atoms with Crippen LogP contribution in [0.25, 0.3) is 15.9 Å². The molecule has 0 aliphatic heterocycles. The van der Waals surface area contributed by atoms with Gasteiger partial charge >= 0.3 is 0 Å². The molecule has 2 aromatic carbocycles. The molecule has 5 nitrogen and oxygen atoms in total. The second-order valence-electron chi connectivity index (χ2n) is 6.62. The molecule has 0 bridgehead atoms. The first kappa shape index (κ1) is 21.5. The molecule has 0 fully saturated rings. The molecule has 0 saturated heterocycles. The van der Waals surface area contributed by atoms with Crippen LogP contribution in [-0.4, -0.2) is 21.2 Å². The minimum atomic E-state index is -0.555. The zero-order valence-electron chi connectivity index (χ0n) is 16.4. The number of aromatic nitrogens is 2. The number of fused-ring (bicyclic) bond motifs is 1. The number of benzene rings is 2. The number of para-hydroxylation sites is 1. The summed E-state index contributed by atoms with van der Waals surface area (Å²) in [5, 5.41) is 3.61. The number of amides is 1. The summed E-state index contributed by atoms with van der Waals surface area (Å²) in [5.41, 5.74) is 0.909. The number of halogens is 2. The molecule has 158 valence electrons. The van der Waals surface area contributed by atoms with E-state index in [0.717, 1.165) is 23.1 Å². The summed E-state index contributed by atoms with van der Waals surface area (Å²) >= 11 is 8.41. The second-order valence-corrected chi connectivity index (χ2v) is 9.09. The second kappa shape index (κ2) is 9.21. The fourth-order valence-electron chi connectivity index (χ4n) is 2.99. The number of carbonyl (C=O) groups is 1. The predicted molar refractivity (Wildman–Crippen MR) is 125 cm³/mol. The number of carbonyl (C=O) groups excluding carboxylic acids is 1. The Kier molecular flexibility index (Phi) is 6.41. The lowest BCUT2D eigenvalue weighted by Gasteiger charge is -2.12. The smallest absolute Gasteiger partial charge is 0.267 e. The van der Waals surface area contributed by atoms with Crippen LogP contribution < -0.4 is 10.9 Å². The summed E-state index contributed by atoms with van der Waals surface area (Å²) in [6.45, 7) is 2.03. The first-order valence-corrected chi connectivity index (χ1v) is 11.6. The maximum atomic E-state index is 13.3. The molecule has 0 aliphatic carbocycles. The summed E-state index contributed by atoms with van der Waals surface area (Å²) in [7, 11) is 0. The van der Waals surface area contributed by atoms with E-state index in [0.29, 0.717) is 26.7 Å². The van der Waals surface area contributed by atoms with Gasteiger partial charge in [0.15, 0.2) is 5.16 Å². The van der Waals surface area contributed by atoms with Crippen molar-refractivity contribution in [3.05, 3.63) is 80.7 Å². The SMILES string of the molecule is CCc1cc2c(=O)n(-c3ccccc3)c(SCC(=O)Nc3ccc(F)c(Cl)c3)nc2s1. The Bertz CT molecular complexity index is 1320. The highest BCUT2D eigenvalue weighted by molar-refractivity contribution is 7.99. The molecule has 4 aromatic rings. The maximum Gasteiger partial charge on any atom is 0.267 e. The molecule has 4 rings (SSSR count). The highest BCUT2D eigenvalue weighted by Crippen LogP contribution is 2.27. The third-order valence-corrected chi connectivity index (χ3v) is 6.89. The lowest BCUT2D eigenvalue weighted by atomic mass is 10.3. The van der Waals surface area contributed by atoms with Crippen LogP contribution in [0.3, 0.4) is 0 Å². The van der Waals surface area contributed by atoms with Crippen molar-refractivity contribution in [3.8, 4) is 5.69 Å². The molecule has 1 N–H and O–H groups in total. The Labute approximate surface area is 190 Å². The van der Waals surface area contributed by atoms with Crippen LogP contribution in [0.5, 0.6) is 0 Å². The van der Waals surface area contributed by atoms with Crippen molar-refractivity contribution in [1.29, 1.82) is 0 Å². The number of hydrogen-bond donors (Lipinski definition) is 1. The molecule has 0 atom stereocenters. The third kappa shape index (κ3) is 4.66. The minimum absolute atomic E-state index is 0.0196. The number of anilines is 1. The van der Waals surface area contributed by atoms with E-state index in [1.165, 1.54) is 34.1 Å². The highest BCUT2D eigenvalue weighted by atomic mass is 35.5. The third-order valence-electron chi connectivity index (χ3n) is 4.48. The van der Waals surface area contributed by atoms with Crippen LogP contribution in [0.2, 0.25) is 5.02 Å². The van der Waals surface area contributed by atoms with Crippen molar-refractivity contribution < 1.29 is 9.18 Å². The number of nitrogens with one attached hydrogen (secondary N) is 1. The monoisotopic (exact) mass is 473 g/mol. The van der Waals surface area contributed by atoms with Crippen LogP contribution in [-0.2, 0) is 11.2 Å². The van der Waals surface area contributed by atoms with Gasteiger partial charge in [0, 0.05) is 10.6 Å². The van der Waals surface area contributed by atoms with Crippen LogP contribution in [0.15, 0.2) is 64.5 Å². The van der Waals surface area contributed by atoms with Crippen LogP contribution in [0, 0.1) is 5.82 Å². The van der Waals surface area contributed by atoms with Gasteiger partial charge in [0.2, 0.25) is 5.91 Å². The van der Waals surface area contributed by atoms with E-state index in [4.69, 9.17) is 11.6 Å². The highest BCUT2D eigenvalue weighted by Gasteiger charge is 2.17. The Hall–Kier alpha value is -2.68. The van der Waals surface area contributed by atoms with E-state index in [2.05, 4.69) is 10.3 Å². The van der Waals surface area contributed by atoms with Crippen molar-refractivity contribution in [3.63, 3.8) is 0 Å². The Morgan fingerprint density at radius 2 is 2.00 bits per heavy atom. The topological polar surface area (TPSA) is 64.0 Å². The molecule has 0 radical (unpaired) electrons. The summed E-state index contributed by atoms with van der Waals surface area (Å²) in [5.74, 6) is -0.853. The van der Waals surface area contributed by atoms with Crippen molar-refractivity contribution in [2.45, 2.75) is 18.5 Å². The van der Waals surface area contributed by atoms with Crippen molar-refractivity contribution in [1.82, 2.24) is 9.55 Å². The zero-order chi connectivity index (χ0) is 22.0. The van der Waals surface area contributed by atoms with Gasteiger partial charge in [0.25, 0.3) is 5.56 Å². The number of hydrogen-bond acceptors (Lipinski definition) is 5. The molecule has 0 spiro atoms. The van der Waals surface area contributed by atoms with Gasteiger partial charge in [-0.3, -0.25) is 14.2 Å². The molecular weight excluding hydrogens is 457 g/mol. The fraction of sp³-hybridized carbons (Fsp3) is 0.136. The van der Waals surface area contributed by atoms with Gasteiger partial charge in [-0.2, -0.15) is 0 Å². The Balaban J connectivity index is 1.65. The van der Waals surface area contributed by atoms with Gasteiger partial charge < -0.3 is 5.32 Å². The molecule has 9 heteroatoms. The average Bonchev–Trinajstić information content (AvgIpc) is 3.19. The van der Waals surface area contributed by atoms with E-state index >= 15 is 0 Å². The van der Waals surface area contributed by atoms with Gasteiger partial charge in [-0.25, -0.2) is 9.37 Å². The zero-order valence-corrected chi connectivity index (χ0v) is 18.8. The van der Waals surface area contributed by atoms with E-state index in [-0.39, 0.29) is 22.2 Å². The lowest BCUT2D eigenvalue weighted by molar-refractivity contribution is -0.113. The maximum absolute atomic E-state index is 13.3. The lowest BCUT2D eigenvalue weighted by Crippen LogP contribution is -2.22. The standard InChI is InChI=1S/C22H17ClFN3O2S2/c1-2-15-11-16-20(31-15)26-22(27(21(16)29)14-6-4-3-5-7-14)30-12-19(28)25-13-8-9-18(24)17(23)10-13/h3-11H,2,12H2,1H3,(H,25,28). The largest absolute Gasteiger partial charge is 0.325 e. The van der Waals surface area contributed by atoms with Gasteiger partial charge in [-0.1, -0.05) is 48.5 Å². The predicted octanol–water partition coefficient (Wildman–Crippen LogP) is 5.53. The van der Waals surface area contributed by atoms with E-state index in [1.54, 1.807) is 0 Å². The first-order valence-electron chi connectivity index (χ1n) is 9.45. The first-order chi connectivity index (χ1) is 15.0. The van der Waals surface area contributed by atoms with E-state index in [1.807, 2.05) is 43.3 Å². The van der Waals surface area contributed by atoms with Crippen molar-refractivity contribution >= 4 is 56.5 Å². The number of rotatable bonds is 6. The normalized spacial score (nSPS) is 11.1. The molecule has 31 heavy (non-hydrogen) atoms. The van der Waals surface area contributed by atoms with Gasteiger partial charge in [0.1, 0.15) is 10.6 Å². The molecule has 2 aromatic heterocycles. The molecule has 0 unspecified atom stereocenters. The van der Waals surface area contributed by atoms with E-state index < -0.39 is 5.82 Å². The molecule has 0 saturated carbocycles. The minimum Gasteiger partial charge on any atom is -0.325 e. The number of aryl methyl sites for hydroxylation is 1. The number of thiophene rings is 1. The molecule has 2 heterocycles. The summed E-state index contributed by atoms with van der Waals surface area (Å²) in [4.78, 5) is 32.1. The molecular formula is C22H17ClFN3O2S2. The Morgan fingerprint density at radius 1 is 1.23 bits per heavy atom. The van der Waals surface area contributed by atoms with Gasteiger partial charge in [-0.05, 0) is 42.8 Å². The Morgan fingerprint density at radius 3 is 2.71 bits per heavy atom. The van der Waals surface area contributed by atoms with Crippen molar-refractivity contribution in [2.75, 3.05) is 11.1 Å². The van der Waals surface area contributed by atoms with Crippen LogP contribution in [0.1, 0.15) is 11.8 Å². The average molecular weight is 474 g/mol. The quantitative estimate of drug-likeness (QED) is 0.295. The van der Waals surface area contributed by atoms with Crippen LogP contribution in [0.4, 0.5) is 10.1 Å². The summed E-state index contributed by atoms with van der Waals surface area (Å²) in [6, 6.07) is 15.1. The van der Waals surface area contributed by atoms with Crippen LogP contribution >= 0.6 is 34.7 Å². The van der Waals surface area contributed by atoms with Gasteiger partial charge in [0.05, 0.1) is 21.8 Å². The molecule has 1 amide bonds. The molecule has 0 aliphatic rings. The van der Waals surface area contributed by atoms with E-state index in [9.17, 15) is 14.0 Å². The van der Waals surface area contributed by atoms with Crippen molar-refractivity contribution in [2.24, 2.45) is 0 Å². The fourth-order valence-corrected chi connectivity index (χ4v) is 4.99. The summed E-state index contributed by atoms with van der Waals surface area (Å²) < 4.78 is 14.8. The van der Waals surface area contributed by atoms with Gasteiger partial charge in [-0.15, -0.1) is 11.3 Å². The summed E-state index contributed by atoms with van der Waals surface area (Å²) in [6.07, 6.45) is 0.816.